The van der Waals surface area contributed by atoms with Crippen LogP contribution in [-0.4, -0.2) is 6.54 Å². The van der Waals surface area contributed by atoms with Crippen molar-refractivity contribution < 1.29 is 0 Å². The predicted molar refractivity (Wildman–Crippen MR) is 86.6 cm³/mol. The summed E-state index contributed by atoms with van der Waals surface area (Å²) in [5.74, 6) is 0. The van der Waals surface area contributed by atoms with Crippen molar-refractivity contribution in [2.24, 2.45) is 5.73 Å². The average molecular weight is 274 g/mol. The van der Waals surface area contributed by atoms with E-state index in [0.717, 1.165) is 13.1 Å². The molecule has 1 aliphatic rings. The van der Waals surface area contributed by atoms with E-state index in [4.69, 9.17) is 5.73 Å². The highest BCUT2D eigenvalue weighted by Crippen LogP contribution is 2.29. The predicted octanol–water partition coefficient (Wildman–Crippen LogP) is 4.30. The molecule has 0 saturated carbocycles. The summed E-state index contributed by atoms with van der Waals surface area (Å²) < 4.78 is 0. The Bertz CT molecular complexity index is 375. The fraction of sp³-hybridized carbons (Fsp3) is 0.667. The maximum Gasteiger partial charge on any atom is 0.0326 e. The molecule has 2 heteroatoms. The van der Waals surface area contributed by atoms with Crippen LogP contribution < -0.4 is 11.1 Å². The molecule has 0 amide bonds. The number of hydrogen-bond acceptors (Lipinski definition) is 2. The number of rotatable bonds is 10. The second-order valence-corrected chi connectivity index (χ2v) is 6.04. The molecule has 1 atom stereocenters. The number of nitrogens with one attached hydrogen (secondary N) is 1. The zero-order valence-electron chi connectivity index (χ0n) is 12.7. The molecule has 1 heterocycles. The van der Waals surface area contributed by atoms with Crippen LogP contribution in [0.4, 0.5) is 0 Å². The molecule has 1 aromatic carbocycles. The van der Waals surface area contributed by atoms with E-state index < -0.39 is 0 Å². The zero-order chi connectivity index (χ0) is 14.0. The van der Waals surface area contributed by atoms with Gasteiger partial charge in [0.2, 0.25) is 0 Å². The van der Waals surface area contributed by atoms with Gasteiger partial charge in [0.15, 0.2) is 0 Å². The summed E-state index contributed by atoms with van der Waals surface area (Å²) in [6, 6.07) is 9.46. The van der Waals surface area contributed by atoms with Gasteiger partial charge in [-0.3, -0.25) is 0 Å². The van der Waals surface area contributed by atoms with Gasteiger partial charge in [-0.25, -0.2) is 0 Å². The van der Waals surface area contributed by atoms with E-state index in [2.05, 4.69) is 29.6 Å². The Morgan fingerprint density at radius 2 is 1.55 bits per heavy atom. The minimum atomic E-state index is 0.607. The molecule has 3 N–H and O–H groups in total. The lowest BCUT2D eigenvalue weighted by Gasteiger charge is -2.11. The van der Waals surface area contributed by atoms with Gasteiger partial charge >= 0.3 is 0 Å². The van der Waals surface area contributed by atoms with Crippen LogP contribution in [-0.2, 0) is 6.54 Å². The Balaban J connectivity index is 1.50. The van der Waals surface area contributed by atoms with E-state index >= 15 is 0 Å². The molecule has 0 fully saturated rings. The van der Waals surface area contributed by atoms with Crippen LogP contribution in [0.5, 0.6) is 0 Å². The second-order valence-electron chi connectivity index (χ2n) is 6.04. The minimum Gasteiger partial charge on any atom is -0.330 e. The van der Waals surface area contributed by atoms with Gasteiger partial charge in [-0.15, -0.1) is 0 Å². The van der Waals surface area contributed by atoms with Crippen molar-refractivity contribution >= 4 is 0 Å². The van der Waals surface area contributed by atoms with Gasteiger partial charge in [-0.2, -0.15) is 0 Å². The highest BCUT2D eigenvalue weighted by atomic mass is 14.9. The zero-order valence-corrected chi connectivity index (χ0v) is 12.7. The molecule has 20 heavy (non-hydrogen) atoms. The van der Waals surface area contributed by atoms with Gasteiger partial charge in [0.05, 0.1) is 0 Å². The highest BCUT2D eigenvalue weighted by molar-refractivity contribution is 5.33. The Morgan fingerprint density at radius 1 is 0.900 bits per heavy atom. The molecule has 2 rings (SSSR count). The molecule has 0 bridgehead atoms. The summed E-state index contributed by atoms with van der Waals surface area (Å²) in [6.07, 6.45) is 12.1. The Hall–Kier alpha value is -0.860. The van der Waals surface area contributed by atoms with Crippen LogP contribution in [0.1, 0.15) is 75.0 Å². The van der Waals surface area contributed by atoms with Gasteiger partial charge in [0.1, 0.15) is 0 Å². The largest absolute Gasteiger partial charge is 0.330 e. The van der Waals surface area contributed by atoms with Crippen molar-refractivity contribution in [1.82, 2.24) is 5.32 Å². The third-order valence-corrected chi connectivity index (χ3v) is 4.42. The molecule has 0 radical (unpaired) electrons. The average Bonchev–Trinajstić information content (AvgIpc) is 2.89. The number of fused-ring (bicyclic) bond motifs is 1. The van der Waals surface area contributed by atoms with Crippen LogP contribution in [0.25, 0.3) is 0 Å². The van der Waals surface area contributed by atoms with Crippen molar-refractivity contribution in [3.8, 4) is 0 Å². The molecular formula is C18H30N2. The quantitative estimate of drug-likeness (QED) is 0.624. The first kappa shape index (κ1) is 15.5. The van der Waals surface area contributed by atoms with Crippen molar-refractivity contribution in [2.45, 2.75) is 70.4 Å². The maximum absolute atomic E-state index is 5.50. The monoisotopic (exact) mass is 274 g/mol. The van der Waals surface area contributed by atoms with Crippen molar-refractivity contribution in [3.05, 3.63) is 35.4 Å². The lowest BCUT2D eigenvalue weighted by atomic mass is 9.99. The van der Waals surface area contributed by atoms with Crippen LogP contribution in [0.15, 0.2) is 24.3 Å². The molecular weight excluding hydrogens is 244 g/mol. The van der Waals surface area contributed by atoms with E-state index in [9.17, 15) is 0 Å². The van der Waals surface area contributed by atoms with Crippen molar-refractivity contribution in [2.75, 3.05) is 6.54 Å². The summed E-state index contributed by atoms with van der Waals surface area (Å²) in [5.41, 5.74) is 8.53. The normalized spacial score (nSPS) is 17.4. The van der Waals surface area contributed by atoms with Crippen molar-refractivity contribution in [3.63, 3.8) is 0 Å². The number of unbranched alkanes of at least 4 members (excludes halogenated alkanes) is 7. The maximum atomic E-state index is 5.50. The first-order chi connectivity index (χ1) is 9.92. The molecule has 0 aliphatic carbocycles. The lowest BCUT2D eigenvalue weighted by Crippen LogP contribution is -2.11. The topological polar surface area (TPSA) is 38.0 Å². The fourth-order valence-electron chi connectivity index (χ4n) is 3.19. The Morgan fingerprint density at radius 3 is 2.30 bits per heavy atom. The van der Waals surface area contributed by atoms with E-state index in [1.807, 2.05) is 0 Å². The van der Waals surface area contributed by atoms with Gasteiger partial charge in [-0.1, -0.05) is 69.2 Å². The van der Waals surface area contributed by atoms with Crippen LogP contribution in [0.3, 0.4) is 0 Å². The third kappa shape index (κ3) is 4.92. The summed E-state index contributed by atoms with van der Waals surface area (Å²) in [6.45, 7) is 1.91. The molecule has 112 valence electrons. The highest BCUT2D eigenvalue weighted by Gasteiger charge is 2.19. The SMILES string of the molecule is NCCCCCCCCCCC1NCc2ccccc21. The minimum absolute atomic E-state index is 0.607. The molecule has 2 nitrogen and oxygen atoms in total. The number of benzene rings is 1. The van der Waals surface area contributed by atoms with Crippen molar-refractivity contribution in [1.29, 1.82) is 0 Å². The fourth-order valence-corrected chi connectivity index (χ4v) is 3.19. The Kier molecular flexibility index (Phi) is 7.10. The standard InChI is InChI=1S/C18H30N2/c19-14-10-6-4-2-1-3-5-7-13-18-17-12-9-8-11-16(17)15-20-18/h8-9,11-12,18,20H,1-7,10,13-15,19H2. The molecule has 1 unspecified atom stereocenters. The van der Waals surface area contributed by atoms with Gasteiger partial charge in [0.25, 0.3) is 0 Å². The van der Waals surface area contributed by atoms with E-state index in [-0.39, 0.29) is 0 Å². The van der Waals surface area contributed by atoms with Gasteiger partial charge in [-0.05, 0) is 30.5 Å². The van der Waals surface area contributed by atoms with Crippen LogP contribution >= 0.6 is 0 Å². The van der Waals surface area contributed by atoms with Crippen LogP contribution in [0, 0.1) is 0 Å². The summed E-state index contributed by atoms with van der Waals surface area (Å²) >= 11 is 0. The lowest BCUT2D eigenvalue weighted by molar-refractivity contribution is 0.491. The molecule has 1 aliphatic heterocycles. The van der Waals surface area contributed by atoms with E-state index in [1.165, 1.54) is 68.9 Å². The Labute approximate surface area is 124 Å². The molecule has 0 saturated heterocycles. The summed E-state index contributed by atoms with van der Waals surface area (Å²) in [4.78, 5) is 0. The second kappa shape index (κ2) is 9.15. The first-order valence-electron chi connectivity index (χ1n) is 8.43. The first-order valence-corrected chi connectivity index (χ1v) is 8.43. The van der Waals surface area contributed by atoms with E-state index in [0.29, 0.717) is 6.04 Å². The number of hydrogen-bond donors (Lipinski definition) is 2. The van der Waals surface area contributed by atoms with Crippen LogP contribution in [0.2, 0.25) is 0 Å². The number of nitrogens with two attached hydrogens (primary N) is 1. The van der Waals surface area contributed by atoms with E-state index in [1.54, 1.807) is 0 Å². The van der Waals surface area contributed by atoms with Gasteiger partial charge < -0.3 is 11.1 Å². The molecule has 0 spiro atoms. The van der Waals surface area contributed by atoms with Gasteiger partial charge in [0, 0.05) is 12.6 Å². The molecule has 0 aromatic heterocycles. The summed E-state index contributed by atoms with van der Waals surface area (Å²) in [7, 11) is 0. The third-order valence-electron chi connectivity index (χ3n) is 4.42. The molecule has 1 aromatic rings. The smallest absolute Gasteiger partial charge is 0.0326 e. The summed E-state index contributed by atoms with van der Waals surface area (Å²) in [5, 5.41) is 3.64.